The van der Waals surface area contributed by atoms with Crippen LogP contribution in [0.2, 0.25) is 0 Å². The molecule has 0 bridgehead atoms. The normalized spacial score (nSPS) is 12.8. The fraction of sp³-hybridized carbons (Fsp3) is 0.0625. The summed E-state index contributed by atoms with van der Waals surface area (Å²) < 4.78 is 6.70. The van der Waals surface area contributed by atoms with Gasteiger partial charge >= 0.3 is 0 Å². The number of fused-ring (bicyclic) bond motifs is 1. The fourth-order valence-electron chi connectivity index (χ4n) is 2.27. The molecule has 0 spiro atoms. The summed E-state index contributed by atoms with van der Waals surface area (Å²) >= 11 is 1.44. The van der Waals surface area contributed by atoms with Gasteiger partial charge in [-0.25, -0.2) is 4.98 Å². The van der Waals surface area contributed by atoms with Crippen molar-refractivity contribution in [3.63, 3.8) is 0 Å². The Balaban J connectivity index is 1.70. The summed E-state index contributed by atoms with van der Waals surface area (Å²) in [6, 6.07) is 6.99. The third-order valence-electron chi connectivity index (χ3n) is 3.54. The van der Waals surface area contributed by atoms with E-state index in [1.807, 2.05) is 30.4 Å². The highest BCUT2D eigenvalue weighted by atomic mass is 32.1. The number of nitrogens with zero attached hydrogens (tertiary/aromatic N) is 3. The van der Waals surface area contributed by atoms with Crippen LogP contribution in [0.25, 0.3) is 16.3 Å². The number of nitrogens with one attached hydrogen (secondary N) is 1. The van der Waals surface area contributed by atoms with E-state index in [1.54, 1.807) is 19.2 Å². The van der Waals surface area contributed by atoms with E-state index in [-0.39, 0.29) is 5.91 Å². The molecule has 0 unspecified atom stereocenters. The van der Waals surface area contributed by atoms with Crippen LogP contribution in [0.4, 0.5) is 5.82 Å². The fourth-order valence-corrected chi connectivity index (χ4v) is 3.02. The van der Waals surface area contributed by atoms with Crippen molar-refractivity contribution in [2.75, 3.05) is 12.8 Å². The number of thiophene rings is 1. The minimum absolute atomic E-state index is 0.234. The van der Waals surface area contributed by atoms with Crippen molar-refractivity contribution < 1.29 is 9.53 Å². The lowest BCUT2D eigenvalue weighted by Gasteiger charge is -2.10. The van der Waals surface area contributed by atoms with Gasteiger partial charge in [0.05, 0.1) is 12.0 Å². The predicted molar refractivity (Wildman–Crippen MR) is 92.0 cm³/mol. The molecule has 3 heterocycles. The van der Waals surface area contributed by atoms with Gasteiger partial charge in [-0.05, 0) is 36.4 Å². The van der Waals surface area contributed by atoms with Crippen molar-refractivity contribution in [2.24, 2.45) is 0 Å². The third kappa shape index (κ3) is 2.42. The van der Waals surface area contributed by atoms with Gasteiger partial charge in [-0.15, -0.1) is 5.10 Å². The Kier molecular flexibility index (Phi) is 3.31. The molecule has 3 aromatic rings. The molecule has 7 nitrogen and oxygen atoms in total. The van der Waals surface area contributed by atoms with E-state index in [1.165, 1.54) is 15.9 Å². The maximum atomic E-state index is 12.2. The molecule has 4 rings (SSSR count). The first-order valence-electron chi connectivity index (χ1n) is 7.14. The second-order valence-electron chi connectivity index (χ2n) is 5.13. The van der Waals surface area contributed by atoms with Crippen LogP contribution in [0.15, 0.2) is 48.2 Å². The van der Waals surface area contributed by atoms with Gasteiger partial charge in [0.1, 0.15) is 5.82 Å². The summed E-state index contributed by atoms with van der Waals surface area (Å²) in [6.07, 6.45) is 5.49. The first-order chi connectivity index (χ1) is 11.6. The molecule has 1 amide bonds. The molecule has 0 aromatic carbocycles. The van der Waals surface area contributed by atoms with Crippen LogP contribution in [0.1, 0.15) is 10.4 Å². The van der Waals surface area contributed by atoms with E-state index in [0.717, 1.165) is 15.6 Å². The van der Waals surface area contributed by atoms with Crippen LogP contribution in [0.3, 0.4) is 0 Å². The number of nitrogen functional groups attached to an aromatic ring is 1. The van der Waals surface area contributed by atoms with Gasteiger partial charge < -0.3 is 15.8 Å². The number of pyridine rings is 1. The number of anilines is 1. The molecule has 1 aliphatic carbocycles. The number of hydrogen-bond acceptors (Lipinski definition) is 6. The average Bonchev–Trinajstić information content (AvgIpc) is 3.16. The van der Waals surface area contributed by atoms with Gasteiger partial charge in [0, 0.05) is 11.3 Å². The molecule has 3 aromatic heterocycles. The first kappa shape index (κ1) is 14.5. The topological polar surface area (TPSA) is 94.5 Å². The van der Waals surface area contributed by atoms with Crippen LogP contribution in [0, 0.1) is 0 Å². The number of aromatic nitrogens is 3. The number of nitrogens with two attached hydrogens (primary N) is 1. The molecule has 0 saturated carbocycles. The molecule has 3 N–H and O–H groups in total. The minimum Gasteiger partial charge on any atom is -0.487 e. The van der Waals surface area contributed by atoms with Crippen molar-refractivity contribution in [3.05, 3.63) is 53.8 Å². The van der Waals surface area contributed by atoms with Crippen molar-refractivity contribution in [1.29, 1.82) is 0 Å². The second-order valence-corrected chi connectivity index (χ2v) is 6.18. The van der Waals surface area contributed by atoms with Crippen LogP contribution in [-0.2, 0) is 0 Å². The van der Waals surface area contributed by atoms with Gasteiger partial charge in [0.15, 0.2) is 16.5 Å². The van der Waals surface area contributed by atoms with Crippen LogP contribution in [0.5, 0.6) is 5.06 Å². The summed E-state index contributed by atoms with van der Waals surface area (Å²) in [5, 5.41) is 7.96. The number of allylic oxidation sites excluding steroid dienone is 3. The molecule has 24 heavy (non-hydrogen) atoms. The van der Waals surface area contributed by atoms with Crippen molar-refractivity contribution in [3.8, 4) is 15.8 Å². The van der Waals surface area contributed by atoms with E-state index in [4.69, 9.17) is 10.5 Å². The maximum absolute atomic E-state index is 12.2. The lowest BCUT2D eigenvalue weighted by Crippen LogP contribution is -2.23. The summed E-state index contributed by atoms with van der Waals surface area (Å²) in [4.78, 5) is 17.6. The number of carbonyl (C=O) groups is 1. The van der Waals surface area contributed by atoms with E-state index in [2.05, 4.69) is 15.4 Å². The molecule has 0 atom stereocenters. The van der Waals surface area contributed by atoms with Crippen LogP contribution >= 0.6 is 11.3 Å². The monoisotopic (exact) mass is 339 g/mol. The van der Waals surface area contributed by atoms with Crippen molar-refractivity contribution >= 4 is 28.7 Å². The molecule has 1 aliphatic rings. The summed E-state index contributed by atoms with van der Waals surface area (Å²) in [5.74, 6) is 0.650. The van der Waals surface area contributed by atoms with Gasteiger partial charge in [0.25, 0.3) is 5.91 Å². The number of carbonyl (C=O) groups excluding carboxylic acids is 1. The number of ether oxygens (including phenoxy) is 1. The Hall–Kier alpha value is -3.13. The number of methoxy groups -OCH3 is 1. The number of rotatable bonds is 4. The van der Waals surface area contributed by atoms with Gasteiger partial charge in [-0.2, -0.15) is 4.52 Å². The van der Waals surface area contributed by atoms with Gasteiger partial charge in [-0.3, -0.25) is 4.79 Å². The second kappa shape index (κ2) is 5.50. The largest absolute Gasteiger partial charge is 0.487 e. The zero-order valence-electron chi connectivity index (χ0n) is 12.7. The third-order valence-corrected chi connectivity index (χ3v) is 4.58. The number of amides is 1. The molecular weight excluding hydrogens is 326 g/mol. The Bertz CT molecular complexity index is 1010. The number of hydrogen-bond donors (Lipinski definition) is 2. The lowest BCUT2D eigenvalue weighted by molar-refractivity contribution is 0.0967. The molecular formula is C16H13N5O2S. The molecule has 0 fully saturated rings. The lowest BCUT2D eigenvalue weighted by atomic mass is 10.2. The van der Waals surface area contributed by atoms with Gasteiger partial charge in [-0.1, -0.05) is 17.4 Å². The first-order valence-corrected chi connectivity index (χ1v) is 7.96. The minimum atomic E-state index is -0.234. The Morgan fingerprint density at radius 2 is 2.21 bits per heavy atom. The maximum Gasteiger partial charge on any atom is 0.255 e. The summed E-state index contributed by atoms with van der Waals surface area (Å²) in [7, 11) is 1.61. The summed E-state index contributed by atoms with van der Waals surface area (Å²) in [6.45, 7) is 0. The van der Waals surface area contributed by atoms with E-state index in [9.17, 15) is 4.79 Å². The predicted octanol–water partition coefficient (Wildman–Crippen LogP) is 2.23. The molecule has 120 valence electrons. The van der Waals surface area contributed by atoms with Gasteiger partial charge in [0.2, 0.25) is 0 Å². The van der Waals surface area contributed by atoms with E-state index < -0.39 is 0 Å². The Morgan fingerprint density at radius 1 is 1.38 bits per heavy atom. The highest BCUT2D eigenvalue weighted by Gasteiger charge is 2.15. The average molecular weight is 339 g/mol. The summed E-state index contributed by atoms with van der Waals surface area (Å²) in [5.41, 5.74) is 7.74. The zero-order valence-corrected chi connectivity index (χ0v) is 13.5. The van der Waals surface area contributed by atoms with E-state index in [0.29, 0.717) is 22.9 Å². The standard InChI is InChI=1S/C16H13N5O2S/c1-23-14-6-5-11(24-14)15-19-13-8-9(7-12(17)21(13)20-15)16(22)18-10-3-2-4-10/h2-8H,17H2,1H3,(H,18,22). The Labute approximate surface area is 141 Å². The van der Waals surface area contributed by atoms with E-state index >= 15 is 0 Å². The zero-order chi connectivity index (χ0) is 16.7. The molecule has 0 aliphatic heterocycles. The highest BCUT2D eigenvalue weighted by molar-refractivity contribution is 7.17. The van der Waals surface area contributed by atoms with Crippen LogP contribution < -0.4 is 15.8 Å². The smallest absolute Gasteiger partial charge is 0.255 e. The molecule has 8 heteroatoms. The van der Waals surface area contributed by atoms with Crippen molar-refractivity contribution in [2.45, 2.75) is 0 Å². The Morgan fingerprint density at radius 3 is 2.88 bits per heavy atom. The molecule has 0 radical (unpaired) electrons. The van der Waals surface area contributed by atoms with Crippen LogP contribution in [-0.4, -0.2) is 27.6 Å². The van der Waals surface area contributed by atoms with Crippen molar-refractivity contribution in [1.82, 2.24) is 19.9 Å². The quantitative estimate of drug-likeness (QED) is 0.760. The SMILES string of the molecule is COc1ccc(-c2nc3cc(C(=O)NC4=CC=C4)cc(N)n3n2)s1. The highest BCUT2D eigenvalue weighted by Crippen LogP contribution is 2.31. The molecule has 0 saturated heterocycles.